The molecule has 0 unspecified atom stereocenters. The number of carbonyl (C=O) groups is 2. The molecule has 1 saturated heterocycles. The number of ether oxygens (including phenoxy) is 3. The highest BCUT2D eigenvalue weighted by molar-refractivity contribution is 5.81. The molecule has 10 heteroatoms. The van der Waals surface area contributed by atoms with Gasteiger partial charge in [-0.1, -0.05) is 0 Å². The van der Waals surface area contributed by atoms with Crippen LogP contribution in [0.3, 0.4) is 0 Å². The van der Waals surface area contributed by atoms with Crippen molar-refractivity contribution < 1.29 is 29.0 Å². The van der Waals surface area contributed by atoms with Crippen LogP contribution in [0, 0.1) is 0 Å². The van der Waals surface area contributed by atoms with Gasteiger partial charge in [-0.25, -0.2) is 9.59 Å². The quantitative estimate of drug-likeness (QED) is 0.463. The molecule has 2 N–H and O–H groups in total. The summed E-state index contributed by atoms with van der Waals surface area (Å²) >= 11 is 0. The van der Waals surface area contributed by atoms with Gasteiger partial charge in [-0.2, -0.15) is 5.06 Å². The minimum Gasteiger partial charge on any atom is -0.493 e. The molecule has 1 aliphatic heterocycles. The standard InChI is InChI=1S/C22H36N4O6/c1-13(2)23-20(27)26(29)19-22(5,6)24(21(28)25(19)14(3)4)12-15-10-16(30-7)18(32-9)17(11-15)31-8/h10-11,13-14,19,29H,12H2,1-9H3,(H,23,27)/t19-/m0/s1. The molecule has 2 rings (SSSR count). The predicted octanol–water partition coefficient (Wildman–Crippen LogP) is 3.27. The number of methoxy groups -OCH3 is 3. The maximum atomic E-state index is 13.5. The normalized spacial score (nSPS) is 17.8. The first-order valence-corrected chi connectivity index (χ1v) is 10.6. The highest BCUT2D eigenvalue weighted by Gasteiger charge is 2.56. The second-order valence-corrected chi connectivity index (χ2v) is 8.88. The van der Waals surface area contributed by atoms with Gasteiger partial charge in [-0.3, -0.25) is 10.1 Å². The number of amides is 4. The molecule has 1 aromatic rings. The van der Waals surface area contributed by atoms with Crippen molar-refractivity contribution in [1.82, 2.24) is 20.2 Å². The van der Waals surface area contributed by atoms with Gasteiger partial charge in [0.2, 0.25) is 5.75 Å². The summed E-state index contributed by atoms with van der Waals surface area (Å²) in [7, 11) is 4.58. The number of hydrogen-bond donors (Lipinski definition) is 2. The first-order valence-electron chi connectivity index (χ1n) is 10.6. The van der Waals surface area contributed by atoms with Crippen LogP contribution < -0.4 is 19.5 Å². The zero-order valence-electron chi connectivity index (χ0n) is 20.4. The van der Waals surface area contributed by atoms with Gasteiger partial charge in [0.05, 0.1) is 26.9 Å². The van der Waals surface area contributed by atoms with E-state index in [1.807, 2.05) is 27.7 Å². The molecule has 1 heterocycles. The van der Waals surface area contributed by atoms with Crippen LogP contribution in [0.25, 0.3) is 0 Å². The van der Waals surface area contributed by atoms with E-state index in [1.54, 1.807) is 30.9 Å². The van der Waals surface area contributed by atoms with Crippen molar-refractivity contribution in [1.29, 1.82) is 0 Å². The van der Waals surface area contributed by atoms with Gasteiger partial charge < -0.3 is 24.4 Å². The van der Waals surface area contributed by atoms with Crippen LogP contribution in [0.1, 0.15) is 47.1 Å². The minimum atomic E-state index is -0.912. The van der Waals surface area contributed by atoms with Crippen LogP contribution in [-0.2, 0) is 6.54 Å². The van der Waals surface area contributed by atoms with Crippen molar-refractivity contribution in [2.75, 3.05) is 21.3 Å². The fourth-order valence-electron chi connectivity index (χ4n) is 4.00. The largest absolute Gasteiger partial charge is 0.493 e. The Labute approximate surface area is 190 Å². The molecule has 10 nitrogen and oxygen atoms in total. The second kappa shape index (κ2) is 9.72. The molecule has 1 aromatic carbocycles. The fourth-order valence-corrected chi connectivity index (χ4v) is 4.00. The van der Waals surface area contributed by atoms with Crippen LogP contribution in [0.5, 0.6) is 17.2 Å². The molecule has 1 fully saturated rings. The lowest BCUT2D eigenvalue weighted by molar-refractivity contribution is -0.138. The maximum Gasteiger partial charge on any atom is 0.343 e. The smallest absolute Gasteiger partial charge is 0.343 e. The highest BCUT2D eigenvalue weighted by Crippen LogP contribution is 2.41. The SMILES string of the molecule is COc1cc(CN2C(=O)N(C(C)C)[C@@H](N(O)C(=O)NC(C)C)C2(C)C)cc(OC)c1OC. The van der Waals surface area contributed by atoms with E-state index in [1.165, 1.54) is 26.2 Å². The Balaban J connectivity index is 2.47. The maximum absolute atomic E-state index is 13.5. The lowest BCUT2D eigenvalue weighted by Gasteiger charge is -2.39. The monoisotopic (exact) mass is 452 g/mol. The number of urea groups is 2. The van der Waals surface area contributed by atoms with E-state index in [9.17, 15) is 14.8 Å². The molecule has 0 bridgehead atoms. The Morgan fingerprint density at radius 3 is 2.06 bits per heavy atom. The van der Waals surface area contributed by atoms with E-state index < -0.39 is 17.7 Å². The summed E-state index contributed by atoms with van der Waals surface area (Å²) < 4.78 is 16.2. The van der Waals surface area contributed by atoms with Gasteiger partial charge in [-0.15, -0.1) is 0 Å². The molecule has 0 radical (unpaired) electrons. The third-order valence-corrected chi connectivity index (χ3v) is 5.52. The highest BCUT2D eigenvalue weighted by atomic mass is 16.5. The van der Waals surface area contributed by atoms with E-state index in [4.69, 9.17) is 14.2 Å². The number of rotatable bonds is 8. The average Bonchev–Trinajstić information content (AvgIpc) is 2.91. The van der Waals surface area contributed by atoms with E-state index in [2.05, 4.69) is 5.32 Å². The molecule has 0 spiro atoms. The Hall–Kier alpha value is -2.88. The van der Waals surface area contributed by atoms with Crippen LogP contribution >= 0.6 is 0 Å². The van der Waals surface area contributed by atoms with Crippen molar-refractivity contribution in [3.05, 3.63) is 17.7 Å². The first kappa shape index (κ1) is 25.4. The third-order valence-electron chi connectivity index (χ3n) is 5.52. The number of benzene rings is 1. The van der Waals surface area contributed by atoms with Crippen LogP contribution in [-0.4, -0.2) is 77.3 Å². The van der Waals surface area contributed by atoms with Crippen molar-refractivity contribution in [2.24, 2.45) is 0 Å². The van der Waals surface area contributed by atoms with E-state index in [0.29, 0.717) is 22.3 Å². The first-order chi connectivity index (χ1) is 14.9. The zero-order valence-corrected chi connectivity index (χ0v) is 20.4. The molecular formula is C22H36N4O6. The minimum absolute atomic E-state index is 0.166. The number of carbonyl (C=O) groups excluding carboxylic acids is 2. The Kier molecular flexibility index (Phi) is 7.71. The number of nitrogens with zero attached hydrogens (tertiary/aromatic N) is 3. The summed E-state index contributed by atoms with van der Waals surface area (Å²) in [6.45, 7) is 11.1. The molecular weight excluding hydrogens is 416 g/mol. The summed E-state index contributed by atoms with van der Waals surface area (Å²) in [5.74, 6) is 1.41. The van der Waals surface area contributed by atoms with E-state index >= 15 is 0 Å². The predicted molar refractivity (Wildman–Crippen MR) is 119 cm³/mol. The molecule has 1 aliphatic rings. The summed E-state index contributed by atoms with van der Waals surface area (Å²) in [5.41, 5.74) is -0.161. The molecule has 0 saturated carbocycles. The van der Waals surface area contributed by atoms with Gasteiger partial charge in [-0.05, 0) is 59.2 Å². The lowest BCUT2D eigenvalue weighted by atomic mass is 9.98. The van der Waals surface area contributed by atoms with Crippen LogP contribution in [0.15, 0.2) is 12.1 Å². The zero-order chi connectivity index (χ0) is 24.4. The fraction of sp³-hybridized carbons (Fsp3) is 0.636. The molecule has 0 aromatic heterocycles. The number of hydrogen-bond acceptors (Lipinski definition) is 6. The van der Waals surface area contributed by atoms with Crippen molar-refractivity contribution in [2.45, 2.75) is 71.9 Å². The summed E-state index contributed by atoms with van der Waals surface area (Å²) in [6, 6.07) is 2.18. The van der Waals surface area contributed by atoms with E-state index in [0.717, 1.165) is 5.56 Å². The van der Waals surface area contributed by atoms with E-state index in [-0.39, 0.29) is 24.7 Å². The topological polar surface area (TPSA) is 104 Å². The van der Waals surface area contributed by atoms with Gasteiger partial charge >= 0.3 is 12.1 Å². The van der Waals surface area contributed by atoms with Crippen molar-refractivity contribution in [3.63, 3.8) is 0 Å². The second-order valence-electron chi connectivity index (χ2n) is 8.88. The Morgan fingerprint density at radius 1 is 1.12 bits per heavy atom. The third kappa shape index (κ3) is 4.64. The molecule has 0 aliphatic carbocycles. The van der Waals surface area contributed by atoms with Gasteiger partial charge in [0, 0.05) is 18.6 Å². The summed E-state index contributed by atoms with van der Waals surface area (Å²) in [5, 5.41) is 14.1. The molecule has 4 amide bonds. The molecule has 180 valence electrons. The number of hydroxylamine groups is 2. The summed E-state index contributed by atoms with van der Waals surface area (Å²) in [6.07, 6.45) is -0.893. The van der Waals surface area contributed by atoms with Gasteiger partial charge in [0.1, 0.15) is 0 Å². The Bertz CT molecular complexity index is 817. The average molecular weight is 453 g/mol. The molecule has 32 heavy (non-hydrogen) atoms. The van der Waals surface area contributed by atoms with Crippen molar-refractivity contribution in [3.8, 4) is 17.2 Å². The number of nitrogens with one attached hydrogen (secondary N) is 1. The van der Waals surface area contributed by atoms with Crippen LogP contribution in [0.2, 0.25) is 0 Å². The van der Waals surface area contributed by atoms with Crippen molar-refractivity contribution >= 4 is 12.1 Å². The lowest BCUT2D eigenvalue weighted by Crippen LogP contribution is -2.60. The van der Waals surface area contributed by atoms with Gasteiger partial charge in [0.15, 0.2) is 17.7 Å². The van der Waals surface area contributed by atoms with Gasteiger partial charge in [0.25, 0.3) is 0 Å². The Morgan fingerprint density at radius 2 is 1.66 bits per heavy atom. The van der Waals surface area contributed by atoms with Crippen LogP contribution in [0.4, 0.5) is 9.59 Å². The summed E-state index contributed by atoms with van der Waals surface area (Å²) in [4.78, 5) is 29.2. The molecule has 1 atom stereocenters.